The van der Waals surface area contributed by atoms with Gasteiger partial charge in [-0.3, -0.25) is 19.3 Å². The summed E-state index contributed by atoms with van der Waals surface area (Å²) in [5.41, 5.74) is 1.62. The molecule has 0 bridgehead atoms. The predicted molar refractivity (Wildman–Crippen MR) is 125 cm³/mol. The van der Waals surface area contributed by atoms with Gasteiger partial charge in [0.05, 0.1) is 18.6 Å². The number of carbonyl (C=O) groups excluding carboxylic acids is 3. The van der Waals surface area contributed by atoms with E-state index in [4.69, 9.17) is 9.47 Å². The van der Waals surface area contributed by atoms with E-state index in [1.165, 1.54) is 6.08 Å². The highest BCUT2D eigenvalue weighted by Crippen LogP contribution is 2.32. The molecule has 0 spiro atoms. The molecule has 2 aromatic carbocycles. The maximum atomic E-state index is 12.5. The lowest BCUT2D eigenvalue weighted by Gasteiger charge is -2.12. The van der Waals surface area contributed by atoms with Gasteiger partial charge >= 0.3 is 0 Å². The molecule has 7 nitrogen and oxygen atoms in total. The van der Waals surface area contributed by atoms with Gasteiger partial charge in [-0.25, -0.2) is 0 Å². The fraction of sp³-hybridized carbons (Fsp3) is 0.208. The number of nitrogens with one attached hydrogen (secondary N) is 1. The highest BCUT2D eigenvalue weighted by Gasteiger charge is 2.34. The number of hydrogen-bond donors (Lipinski definition) is 1. The molecule has 1 saturated heterocycles. The molecule has 0 unspecified atom stereocenters. The second-order valence-corrected chi connectivity index (χ2v) is 7.70. The quantitative estimate of drug-likeness (QED) is 0.580. The topological polar surface area (TPSA) is 84.9 Å². The first-order valence-electron chi connectivity index (χ1n) is 10.1. The number of carbonyl (C=O) groups is 3. The molecule has 2 aromatic rings. The van der Waals surface area contributed by atoms with Crippen molar-refractivity contribution in [3.05, 3.63) is 70.6 Å². The molecule has 8 heteroatoms. The van der Waals surface area contributed by atoms with Crippen LogP contribution in [-0.2, 0) is 9.59 Å². The van der Waals surface area contributed by atoms with Crippen molar-refractivity contribution in [1.29, 1.82) is 0 Å². The van der Waals surface area contributed by atoms with Crippen molar-refractivity contribution in [2.45, 2.75) is 6.92 Å². The van der Waals surface area contributed by atoms with Gasteiger partial charge in [-0.15, -0.1) is 0 Å². The highest BCUT2D eigenvalue weighted by atomic mass is 32.2. The van der Waals surface area contributed by atoms with Gasteiger partial charge < -0.3 is 14.8 Å². The van der Waals surface area contributed by atoms with Crippen molar-refractivity contribution in [3.63, 3.8) is 0 Å². The summed E-state index contributed by atoms with van der Waals surface area (Å²) >= 11 is 0.901. The van der Waals surface area contributed by atoms with Crippen molar-refractivity contribution in [1.82, 2.24) is 10.2 Å². The minimum absolute atomic E-state index is 0.104. The summed E-state index contributed by atoms with van der Waals surface area (Å²) in [6.07, 6.45) is 4.73. The first-order valence-corrected chi connectivity index (χ1v) is 10.9. The largest absolute Gasteiger partial charge is 0.493 e. The van der Waals surface area contributed by atoms with E-state index in [1.807, 2.05) is 43.3 Å². The van der Waals surface area contributed by atoms with E-state index in [1.54, 1.807) is 31.4 Å². The average molecular weight is 453 g/mol. The molecule has 1 heterocycles. The number of ether oxygens (including phenoxy) is 2. The van der Waals surface area contributed by atoms with Crippen LogP contribution in [0.25, 0.3) is 12.2 Å². The number of amides is 3. The summed E-state index contributed by atoms with van der Waals surface area (Å²) in [7, 11) is 1.55. The van der Waals surface area contributed by atoms with Crippen LogP contribution in [0.2, 0.25) is 0 Å². The van der Waals surface area contributed by atoms with Crippen LogP contribution < -0.4 is 14.8 Å². The molecule has 32 heavy (non-hydrogen) atoms. The van der Waals surface area contributed by atoms with Gasteiger partial charge in [-0.2, -0.15) is 0 Å². The number of thioether (sulfide) groups is 1. The molecule has 1 aliphatic rings. The summed E-state index contributed by atoms with van der Waals surface area (Å²) in [6, 6.07) is 14.7. The molecule has 0 aliphatic carbocycles. The second-order valence-electron chi connectivity index (χ2n) is 6.71. The van der Waals surface area contributed by atoms with Gasteiger partial charge in [0.1, 0.15) is 0 Å². The Morgan fingerprint density at radius 3 is 2.59 bits per heavy atom. The fourth-order valence-corrected chi connectivity index (χ4v) is 3.84. The third-order valence-corrected chi connectivity index (χ3v) is 5.43. The molecule has 0 radical (unpaired) electrons. The summed E-state index contributed by atoms with van der Waals surface area (Å²) in [4.78, 5) is 38.3. The standard InChI is InChI=1S/C24H24N2O5S/c1-3-31-19-11-9-18(15-20(19)30-2)10-12-22(27)25-13-14-26-23(28)21(32-24(26)29)16-17-7-5-4-6-8-17/h4-12,15-16H,3,13-14H2,1-2H3,(H,25,27)/b12-10+,21-16+. The van der Waals surface area contributed by atoms with Crippen molar-refractivity contribution in [2.75, 3.05) is 26.8 Å². The molecule has 0 atom stereocenters. The van der Waals surface area contributed by atoms with Crippen LogP contribution in [0.15, 0.2) is 59.5 Å². The zero-order valence-electron chi connectivity index (χ0n) is 17.9. The van der Waals surface area contributed by atoms with Crippen LogP contribution in [0.5, 0.6) is 11.5 Å². The normalized spacial score (nSPS) is 14.9. The Labute approximate surface area is 191 Å². The molecular formula is C24H24N2O5S. The molecular weight excluding hydrogens is 428 g/mol. The number of imide groups is 1. The lowest BCUT2D eigenvalue weighted by atomic mass is 10.2. The molecule has 166 valence electrons. The molecule has 1 aliphatic heterocycles. The van der Waals surface area contributed by atoms with Gasteiger partial charge in [-0.05, 0) is 54.1 Å². The fourth-order valence-electron chi connectivity index (χ4n) is 2.98. The maximum absolute atomic E-state index is 12.5. The Balaban J connectivity index is 1.52. The number of hydrogen-bond acceptors (Lipinski definition) is 6. The average Bonchev–Trinajstić information content (AvgIpc) is 3.06. The Morgan fingerprint density at radius 1 is 1.09 bits per heavy atom. The third kappa shape index (κ3) is 6.01. The van der Waals surface area contributed by atoms with Gasteiger partial charge in [0.2, 0.25) is 5.91 Å². The molecule has 3 rings (SSSR count). The van der Waals surface area contributed by atoms with Crippen LogP contribution >= 0.6 is 11.8 Å². The number of rotatable bonds is 9. The first kappa shape index (κ1) is 23.1. The van der Waals surface area contributed by atoms with E-state index in [0.717, 1.165) is 27.8 Å². The predicted octanol–water partition coefficient (Wildman–Crippen LogP) is 3.96. The third-order valence-electron chi connectivity index (χ3n) is 4.52. The van der Waals surface area contributed by atoms with Crippen LogP contribution in [0.4, 0.5) is 4.79 Å². The van der Waals surface area contributed by atoms with Gasteiger partial charge in [-0.1, -0.05) is 36.4 Å². The van der Waals surface area contributed by atoms with Crippen LogP contribution in [0.3, 0.4) is 0 Å². The highest BCUT2D eigenvalue weighted by molar-refractivity contribution is 8.18. The first-order chi connectivity index (χ1) is 15.5. The van der Waals surface area contributed by atoms with Crippen molar-refractivity contribution in [2.24, 2.45) is 0 Å². The maximum Gasteiger partial charge on any atom is 0.293 e. The summed E-state index contributed by atoms with van der Waals surface area (Å²) in [5.74, 6) is 0.534. The lowest BCUT2D eigenvalue weighted by molar-refractivity contribution is -0.123. The lowest BCUT2D eigenvalue weighted by Crippen LogP contribution is -2.36. The Kier molecular flexibility index (Phi) is 8.10. The number of benzene rings is 2. The van der Waals surface area contributed by atoms with Gasteiger partial charge in [0.25, 0.3) is 11.1 Å². The number of nitrogens with zero attached hydrogens (tertiary/aromatic N) is 1. The Morgan fingerprint density at radius 2 is 1.88 bits per heavy atom. The smallest absolute Gasteiger partial charge is 0.293 e. The zero-order valence-corrected chi connectivity index (χ0v) is 18.7. The summed E-state index contributed by atoms with van der Waals surface area (Å²) in [6.45, 7) is 2.68. The summed E-state index contributed by atoms with van der Waals surface area (Å²) in [5, 5.41) is 2.35. The molecule has 0 saturated carbocycles. The van der Waals surface area contributed by atoms with E-state index in [9.17, 15) is 14.4 Å². The van der Waals surface area contributed by atoms with Crippen molar-refractivity contribution >= 4 is 41.0 Å². The molecule has 1 N–H and O–H groups in total. The van der Waals surface area contributed by atoms with Gasteiger partial charge in [0.15, 0.2) is 11.5 Å². The molecule has 1 fully saturated rings. The molecule has 3 amide bonds. The monoisotopic (exact) mass is 452 g/mol. The SMILES string of the molecule is CCOc1ccc(/C=C/C(=O)NCCN2C(=O)S/C(=C/c3ccccc3)C2=O)cc1OC. The van der Waals surface area contributed by atoms with Crippen molar-refractivity contribution < 1.29 is 23.9 Å². The minimum atomic E-state index is -0.352. The second kappa shape index (κ2) is 11.2. The minimum Gasteiger partial charge on any atom is -0.493 e. The van der Waals surface area contributed by atoms with Crippen LogP contribution in [-0.4, -0.2) is 48.8 Å². The van der Waals surface area contributed by atoms with E-state index < -0.39 is 0 Å². The molecule has 0 aromatic heterocycles. The zero-order chi connectivity index (χ0) is 22.9. The van der Waals surface area contributed by atoms with Crippen LogP contribution in [0, 0.1) is 0 Å². The van der Waals surface area contributed by atoms with Crippen molar-refractivity contribution in [3.8, 4) is 11.5 Å². The van der Waals surface area contributed by atoms with E-state index >= 15 is 0 Å². The summed E-state index contributed by atoms with van der Waals surface area (Å²) < 4.78 is 10.8. The van der Waals surface area contributed by atoms with E-state index in [0.29, 0.717) is 23.0 Å². The van der Waals surface area contributed by atoms with Crippen LogP contribution in [0.1, 0.15) is 18.1 Å². The van der Waals surface area contributed by atoms with Gasteiger partial charge in [0, 0.05) is 19.2 Å². The van der Waals surface area contributed by atoms with E-state index in [2.05, 4.69) is 5.32 Å². The Hall–Kier alpha value is -3.52. The Bertz CT molecular complexity index is 1050. The van der Waals surface area contributed by atoms with E-state index in [-0.39, 0.29) is 30.1 Å². The number of methoxy groups -OCH3 is 1.